The molecule has 0 bridgehead atoms. The van der Waals surface area contributed by atoms with Gasteiger partial charge >= 0.3 is 5.97 Å². The summed E-state index contributed by atoms with van der Waals surface area (Å²) in [5.41, 5.74) is -3.21. The molecule has 2 saturated heterocycles. The van der Waals surface area contributed by atoms with Crippen molar-refractivity contribution in [3.05, 3.63) is 11.6 Å². The minimum Gasteiger partial charge on any atom is -0.432 e. The summed E-state index contributed by atoms with van der Waals surface area (Å²) in [5, 5.41) is 106. The Morgan fingerprint density at radius 2 is 1.33 bits per heavy atom. The molecule has 57 heavy (non-hydrogen) atoms. The van der Waals surface area contributed by atoms with Gasteiger partial charge in [-0.05, 0) is 98.7 Å². The first kappa shape index (κ1) is 43.8. The first-order chi connectivity index (χ1) is 26.6. The molecule has 0 aromatic heterocycles. The molecule has 0 spiro atoms. The average Bonchev–Trinajstić information content (AvgIpc) is 3.17. The first-order valence-electron chi connectivity index (χ1n) is 21.1. The van der Waals surface area contributed by atoms with Gasteiger partial charge in [0.15, 0.2) is 6.29 Å². The zero-order chi connectivity index (χ0) is 41.8. The summed E-state index contributed by atoms with van der Waals surface area (Å²) in [6.07, 6.45) is -7.79. The van der Waals surface area contributed by atoms with Crippen LogP contribution in [0.5, 0.6) is 0 Å². The Kier molecular flexibility index (Phi) is 11.5. The number of hydrogen-bond acceptors (Lipinski definition) is 15. The van der Waals surface area contributed by atoms with E-state index < -0.39 is 114 Å². The van der Waals surface area contributed by atoms with Crippen molar-refractivity contribution in [2.75, 3.05) is 19.8 Å². The molecular formula is C42H68O15. The molecule has 7 aliphatic rings. The third-order valence-electron chi connectivity index (χ3n) is 17.8. The van der Waals surface area contributed by atoms with Crippen LogP contribution in [0.2, 0.25) is 0 Å². The lowest BCUT2D eigenvalue weighted by Crippen LogP contribution is -2.69. The topological polar surface area (TPSA) is 256 Å². The van der Waals surface area contributed by atoms with Gasteiger partial charge in [0.25, 0.3) is 0 Å². The van der Waals surface area contributed by atoms with Gasteiger partial charge in [0.2, 0.25) is 6.29 Å². The van der Waals surface area contributed by atoms with Crippen molar-refractivity contribution >= 4 is 5.97 Å². The Bertz CT molecular complexity index is 1540. The Hall–Kier alpha value is -1.31. The molecule has 5 aliphatic carbocycles. The fourth-order valence-electron chi connectivity index (χ4n) is 13.8. The molecule has 15 nitrogen and oxygen atoms in total. The molecule has 326 valence electrons. The van der Waals surface area contributed by atoms with E-state index in [9.17, 15) is 55.9 Å². The Balaban J connectivity index is 1.19. The minimum atomic E-state index is -1.75. The number of esters is 1. The van der Waals surface area contributed by atoms with Crippen LogP contribution in [0.4, 0.5) is 0 Å². The van der Waals surface area contributed by atoms with Crippen LogP contribution >= 0.6 is 0 Å². The summed E-state index contributed by atoms with van der Waals surface area (Å²) >= 11 is 0. The van der Waals surface area contributed by atoms with Crippen molar-refractivity contribution in [1.29, 1.82) is 0 Å². The van der Waals surface area contributed by atoms with Crippen molar-refractivity contribution in [2.24, 2.45) is 50.7 Å². The lowest BCUT2D eigenvalue weighted by Gasteiger charge is -2.72. The standard InChI is InChI=1S/C42H68O15/c1-20-9-14-42(36(52)57-35-32(51)30(49)28(47)23(18-44)55-35)16-15-39(4)21(33(42)41(20,6)53)7-8-25-37(2)12-11-26(38(3,19-45)24(37)10-13-40(25,39)5)56-34-31(50)29(48)27(46)22(17-43)54-34/h7,20,22-35,43-51,53H,8-19H2,1-6H3/t20-,22-,23-,24-,25-,26+,27-,28-,29+,30+,31-,32-,33-,34+,35+,37+,38+,39-,40-,41-,42+/m1/s1. The highest BCUT2D eigenvalue weighted by atomic mass is 16.7. The van der Waals surface area contributed by atoms with Gasteiger partial charge in [-0.25, -0.2) is 0 Å². The van der Waals surface area contributed by atoms with Gasteiger partial charge in [0.1, 0.15) is 48.8 Å². The van der Waals surface area contributed by atoms with E-state index in [-0.39, 0.29) is 35.2 Å². The van der Waals surface area contributed by atoms with E-state index in [4.69, 9.17) is 18.9 Å². The summed E-state index contributed by atoms with van der Waals surface area (Å²) < 4.78 is 23.7. The summed E-state index contributed by atoms with van der Waals surface area (Å²) in [6.45, 7) is 11.3. The number of aliphatic hydroxyl groups is 10. The van der Waals surface area contributed by atoms with Crippen LogP contribution in [-0.2, 0) is 23.7 Å². The molecule has 21 atom stereocenters. The van der Waals surface area contributed by atoms with E-state index >= 15 is 0 Å². The van der Waals surface area contributed by atoms with E-state index in [0.29, 0.717) is 38.5 Å². The first-order valence-corrected chi connectivity index (χ1v) is 21.1. The molecule has 0 unspecified atom stereocenters. The third kappa shape index (κ3) is 6.18. The highest BCUT2D eigenvalue weighted by Crippen LogP contribution is 2.76. The second-order valence-electron chi connectivity index (χ2n) is 20.2. The molecule has 7 rings (SSSR count). The van der Waals surface area contributed by atoms with Gasteiger partial charge < -0.3 is 70.0 Å². The summed E-state index contributed by atoms with van der Waals surface area (Å²) in [4.78, 5) is 14.6. The van der Waals surface area contributed by atoms with E-state index in [1.807, 2.05) is 13.8 Å². The van der Waals surface area contributed by atoms with E-state index in [1.54, 1.807) is 6.92 Å². The number of aliphatic hydroxyl groups excluding tert-OH is 9. The molecule has 0 amide bonds. The smallest absolute Gasteiger partial charge is 0.315 e. The number of hydrogen-bond donors (Lipinski definition) is 10. The molecular weight excluding hydrogens is 744 g/mol. The maximum atomic E-state index is 14.6. The van der Waals surface area contributed by atoms with Crippen LogP contribution in [-0.4, -0.2) is 150 Å². The van der Waals surface area contributed by atoms with Gasteiger partial charge in [-0.3, -0.25) is 4.79 Å². The van der Waals surface area contributed by atoms with Crippen molar-refractivity contribution in [3.8, 4) is 0 Å². The maximum absolute atomic E-state index is 14.6. The number of fused-ring (bicyclic) bond motifs is 7. The molecule has 0 aromatic carbocycles. The zero-order valence-electron chi connectivity index (χ0n) is 34.2. The van der Waals surface area contributed by atoms with Crippen LogP contribution in [0.1, 0.15) is 99.3 Å². The summed E-state index contributed by atoms with van der Waals surface area (Å²) in [5.74, 6) is -1.28. The van der Waals surface area contributed by atoms with E-state index in [0.717, 1.165) is 24.8 Å². The number of rotatable bonds is 7. The highest BCUT2D eigenvalue weighted by Gasteiger charge is 2.72. The molecule has 0 aromatic rings. The Labute approximate surface area is 335 Å². The SMILES string of the molecule is C[C@@H]1CC[C@]2(C(=O)O[C@@H]3O[C@H](CO)[C@@H](O)[C@H](O)[C@H]3O)CC[C@]3(C)C(=CC[C@@H]4[C@@]5(C)CC[C@H](O[C@@H]6O[C@H](CO)[C@@H](O)[C@H](O)[C@H]6O)[C@@](C)(CO)[C@@H]5CC[C@]43C)[C@@H]2[C@]1(C)O. The van der Waals surface area contributed by atoms with Crippen LogP contribution < -0.4 is 0 Å². The Morgan fingerprint density at radius 1 is 0.737 bits per heavy atom. The van der Waals surface area contributed by atoms with Crippen LogP contribution in [0.15, 0.2) is 11.6 Å². The van der Waals surface area contributed by atoms with Gasteiger partial charge in [0.05, 0.1) is 36.9 Å². The molecule has 6 fully saturated rings. The van der Waals surface area contributed by atoms with Gasteiger partial charge in [0, 0.05) is 11.3 Å². The zero-order valence-corrected chi connectivity index (χ0v) is 34.2. The van der Waals surface area contributed by atoms with E-state index in [2.05, 4.69) is 26.8 Å². The highest BCUT2D eigenvalue weighted by molar-refractivity contribution is 5.79. The molecule has 15 heteroatoms. The monoisotopic (exact) mass is 812 g/mol. The maximum Gasteiger partial charge on any atom is 0.315 e. The van der Waals surface area contributed by atoms with E-state index in [1.165, 1.54) is 0 Å². The van der Waals surface area contributed by atoms with Crippen molar-refractivity contribution in [3.63, 3.8) is 0 Å². The second-order valence-corrected chi connectivity index (χ2v) is 20.2. The van der Waals surface area contributed by atoms with Gasteiger partial charge in [-0.2, -0.15) is 0 Å². The molecule has 10 N–H and O–H groups in total. The number of carbonyl (C=O) groups excluding carboxylic acids is 1. The van der Waals surface area contributed by atoms with Crippen LogP contribution in [0.25, 0.3) is 0 Å². The Morgan fingerprint density at radius 3 is 1.93 bits per heavy atom. The van der Waals surface area contributed by atoms with Crippen LogP contribution in [0, 0.1) is 50.7 Å². The summed E-state index contributed by atoms with van der Waals surface area (Å²) in [7, 11) is 0. The molecule has 2 aliphatic heterocycles. The predicted octanol–water partition coefficient (Wildman–Crippen LogP) is 0.260. The van der Waals surface area contributed by atoms with Crippen molar-refractivity contribution in [2.45, 2.75) is 172 Å². The molecule has 2 heterocycles. The fourth-order valence-corrected chi connectivity index (χ4v) is 13.8. The largest absolute Gasteiger partial charge is 0.432 e. The number of carbonyl (C=O) groups is 1. The lowest BCUT2D eigenvalue weighted by atomic mass is 9.33. The minimum absolute atomic E-state index is 0.00994. The number of ether oxygens (including phenoxy) is 4. The predicted molar refractivity (Wildman–Crippen MR) is 200 cm³/mol. The second kappa shape index (κ2) is 14.9. The summed E-state index contributed by atoms with van der Waals surface area (Å²) in [6, 6.07) is 0. The van der Waals surface area contributed by atoms with Crippen molar-refractivity contribution < 1.29 is 74.8 Å². The fraction of sp³-hybridized carbons (Fsp3) is 0.929. The molecule has 0 radical (unpaired) electrons. The quantitative estimate of drug-likeness (QED) is 0.0940. The average molecular weight is 813 g/mol. The molecule has 4 saturated carbocycles. The van der Waals surface area contributed by atoms with Gasteiger partial charge in [-0.1, -0.05) is 46.3 Å². The number of allylic oxidation sites excluding steroid dienone is 1. The third-order valence-corrected chi connectivity index (χ3v) is 17.8. The normalized spacial score (nSPS) is 56.4. The van der Waals surface area contributed by atoms with Crippen LogP contribution in [0.3, 0.4) is 0 Å². The van der Waals surface area contributed by atoms with Crippen molar-refractivity contribution in [1.82, 2.24) is 0 Å². The lowest BCUT2D eigenvalue weighted by molar-refractivity contribution is -0.333. The van der Waals surface area contributed by atoms with Gasteiger partial charge in [-0.15, -0.1) is 0 Å².